The molecule has 1 aromatic carbocycles. The van der Waals surface area contributed by atoms with Gasteiger partial charge in [-0.3, -0.25) is 19.3 Å². The van der Waals surface area contributed by atoms with Crippen LogP contribution >= 0.6 is 0 Å². The Labute approximate surface area is 129 Å². The van der Waals surface area contributed by atoms with Gasteiger partial charge in [0.05, 0.1) is 11.0 Å². The fourth-order valence-electron chi connectivity index (χ4n) is 3.23. The summed E-state index contributed by atoms with van der Waals surface area (Å²) in [5.41, 5.74) is -2.14. The van der Waals surface area contributed by atoms with Crippen LogP contribution in [-0.2, 0) is 26.0 Å². The van der Waals surface area contributed by atoms with E-state index in [4.69, 9.17) is 0 Å². The molecule has 3 rings (SSSR count). The molecule has 2 aliphatic heterocycles. The summed E-state index contributed by atoms with van der Waals surface area (Å²) in [5.74, 6) is -1.55. The minimum atomic E-state index is -4.58. The number of benzene rings is 1. The topological polar surface area (TPSA) is 57.7 Å². The molecule has 0 aromatic heterocycles. The molecule has 0 N–H and O–H groups in total. The smallest absolute Gasteiger partial charge is 0.315 e. The lowest BCUT2D eigenvalue weighted by atomic mass is 9.72. The van der Waals surface area contributed by atoms with Gasteiger partial charge in [-0.2, -0.15) is 13.2 Å². The minimum Gasteiger partial charge on any atom is -0.315 e. The number of amides is 3. The van der Waals surface area contributed by atoms with Crippen LogP contribution < -0.4 is 4.90 Å². The second-order valence-electron chi connectivity index (χ2n) is 5.88. The number of imide groups is 1. The molecule has 23 heavy (non-hydrogen) atoms. The molecular weight excluding hydrogens is 313 g/mol. The van der Waals surface area contributed by atoms with Gasteiger partial charge >= 0.3 is 6.18 Å². The molecule has 2 heterocycles. The highest BCUT2D eigenvalue weighted by molar-refractivity contribution is 6.14. The highest BCUT2D eigenvalue weighted by Gasteiger charge is 2.56. The van der Waals surface area contributed by atoms with Gasteiger partial charge in [-0.25, -0.2) is 0 Å². The van der Waals surface area contributed by atoms with Crippen molar-refractivity contribution in [3.63, 3.8) is 0 Å². The molecule has 3 amide bonds. The normalized spacial score (nSPS) is 24.7. The Morgan fingerprint density at radius 1 is 1.00 bits per heavy atom. The molecular formula is C15H13F3N2O3. The van der Waals surface area contributed by atoms with E-state index in [-0.39, 0.29) is 24.1 Å². The van der Waals surface area contributed by atoms with Crippen molar-refractivity contribution >= 4 is 23.4 Å². The third kappa shape index (κ3) is 2.04. The fourth-order valence-corrected chi connectivity index (χ4v) is 3.23. The molecule has 8 heteroatoms. The Balaban J connectivity index is 2.26. The van der Waals surface area contributed by atoms with E-state index in [1.165, 1.54) is 25.1 Å². The lowest BCUT2D eigenvalue weighted by Crippen LogP contribution is -2.47. The van der Waals surface area contributed by atoms with E-state index in [2.05, 4.69) is 0 Å². The third-order valence-electron chi connectivity index (χ3n) is 4.57. The molecule has 0 saturated carbocycles. The standard InChI is InChI=1S/C15H13F3N2O3/c1-19-10-4-3-8(15(16,17)18)5-9(10)14(6-11(19)21)7-12(22)20(2)13(14)23/h3-5H,6-7H2,1-2H3/t14-/m1/s1. The molecule has 1 spiro atoms. The zero-order valence-corrected chi connectivity index (χ0v) is 12.4. The molecule has 0 unspecified atom stereocenters. The summed E-state index contributed by atoms with van der Waals surface area (Å²) in [5, 5.41) is 0. The number of carbonyl (C=O) groups excluding carboxylic acids is 3. The van der Waals surface area contributed by atoms with Crippen LogP contribution in [0.15, 0.2) is 18.2 Å². The first kappa shape index (κ1) is 15.5. The van der Waals surface area contributed by atoms with Crippen LogP contribution in [0.25, 0.3) is 0 Å². The van der Waals surface area contributed by atoms with Crippen molar-refractivity contribution in [1.29, 1.82) is 0 Å². The first-order valence-electron chi connectivity index (χ1n) is 6.87. The van der Waals surface area contributed by atoms with Crippen LogP contribution in [0.5, 0.6) is 0 Å². The molecule has 1 fully saturated rings. The van der Waals surface area contributed by atoms with Crippen LogP contribution in [0.1, 0.15) is 24.0 Å². The van der Waals surface area contributed by atoms with E-state index in [0.717, 1.165) is 17.0 Å². The molecule has 0 bridgehead atoms. The van der Waals surface area contributed by atoms with E-state index in [9.17, 15) is 27.6 Å². The largest absolute Gasteiger partial charge is 0.416 e. The Kier molecular flexibility index (Phi) is 3.08. The van der Waals surface area contributed by atoms with Gasteiger partial charge in [0.15, 0.2) is 0 Å². The average Bonchev–Trinajstić information content (AvgIpc) is 2.68. The van der Waals surface area contributed by atoms with Gasteiger partial charge in [0.1, 0.15) is 0 Å². The number of alkyl halides is 3. The molecule has 5 nitrogen and oxygen atoms in total. The first-order chi connectivity index (χ1) is 10.6. The van der Waals surface area contributed by atoms with Crippen molar-refractivity contribution in [3.05, 3.63) is 29.3 Å². The third-order valence-corrected chi connectivity index (χ3v) is 4.57. The van der Waals surface area contributed by atoms with E-state index >= 15 is 0 Å². The molecule has 1 saturated heterocycles. The highest BCUT2D eigenvalue weighted by Crippen LogP contribution is 2.48. The van der Waals surface area contributed by atoms with Crippen LogP contribution in [0.3, 0.4) is 0 Å². The van der Waals surface area contributed by atoms with Crippen molar-refractivity contribution in [2.24, 2.45) is 0 Å². The number of likely N-dealkylation sites (tertiary alicyclic amines) is 1. The van der Waals surface area contributed by atoms with Gasteiger partial charge in [-0.1, -0.05) is 0 Å². The van der Waals surface area contributed by atoms with Crippen molar-refractivity contribution < 1.29 is 27.6 Å². The Hall–Kier alpha value is -2.38. The SMILES string of the molecule is CN1C(=O)C[C@@]2(CC(=O)N(C)c3ccc(C(F)(F)F)cc32)C1=O. The maximum atomic E-state index is 13.0. The van der Waals surface area contributed by atoms with Crippen molar-refractivity contribution in [1.82, 2.24) is 4.90 Å². The fraction of sp³-hybridized carbons (Fsp3) is 0.400. The van der Waals surface area contributed by atoms with Gasteiger partial charge in [-0.05, 0) is 23.8 Å². The van der Waals surface area contributed by atoms with Crippen LogP contribution in [-0.4, -0.2) is 36.7 Å². The first-order valence-corrected chi connectivity index (χ1v) is 6.87. The van der Waals surface area contributed by atoms with E-state index in [0.29, 0.717) is 0 Å². The average molecular weight is 326 g/mol. The number of rotatable bonds is 0. The monoisotopic (exact) mass is 326 g/mol. The molecule has 1 aromatic rings. The van der Waals surface area contributed by atoms with Gasteiger partial charge in [0.2, 0.25) is 17.7 Å². The predicted molar refractivity (Wildman–Crippen MR) is 73.5 cm³/mol. The summed E-state index contributed by atoms with van der Waals surface area (Å²) in [7, 11) is 2.71. The highest BCUT2D eigenvalue weighted by atomic mass is 19.4. The van der Waals surface area contributed by atoms with Gasteiger partial charge < -0.3 is 4.90 Å². The number of hydrogen-bond acceptors (Lipinski definition) is 3. The number of hydrogen-bond donors (Lipinski definition) is 0. The Morgan fingerprint density at radius 2 is 1.57 bits per heavy atom. The summed E-state index contributed by atoms with van der Waals surface area (Å²) < 4.78 is 39.0. The summed E-state index contributed by atoms with van der Waals surface area (Å²) in [6.45, 7) is 0. The quantitative estimate of drug-likeness (QED) is 0.682. The van der Waals surface area contributed by atoms with Crippen LogP contribution in [0.4, 0.5) is 18.9 Å². The number of fused-ring (bicyclic) bond motifs is 2. The van der Waals surface area contributed by atoms with Gasteiger partial charge in [0.25, 0.3) is 0 Å². The van der Waals surface area contributed by atoms with Gasteiger partial charge in [0, 0.05) is 32.6 Å². The predicted octanol–water partition coefficient (Wildman–Crippen LogP) is 1.70. The number of likely N-dealkylation sites (N-methyl/N-ethyl adjacent to an activating group) is 1. The lowest BCUT2D eigenvalue weighted by molar-refractivity contribution is -0.140. The molecule has 1 atom stereocenters. The number of halogens is 3. The maximum Gasteiger partial charge on any atom is 0.416 e. The maximum absolute atomic E-state index is 13.0. The van der Waals surface area contributed by atoms with E-state index < -0.39 is 34.9 Å². The van der Waals surface area contributed by atoms with Crippen LogP contribution in [0, 0.1) is 0 Å². The summed E-state index contributed by atoms with van der Waals surface area (Å²) >= 11 is 0. The Bertz CT molecular complexity index is 744. The van der Waals surface area contributed by atoms with Gasteiger partial charge in [-0.15, -0.1) is 0 Å². The number of carbonyl (C=O) groups is 3. The second kappa shape index (κ2) is 4.56. The lowest BCUT2D eigenvalue weighted by Gasteiger charge is -2.37. The van der Waals surface area contributed by atoms with E-state index in [1.54, 1.807) is 0 Å². The van der Waals surface area contributed by atoms with Crippen LogP contribution in [0.2, 0.25) is 0 Å². The molecule has 122 valence electrons. The Morgan fingerprint density at radius 3 is 2.09 bits per heavy atom. The zero-order chi connectivity index (χ0) is 17.2. The number of nitrogens with zero attached hydrogens (tertiary/aromatic N) is 2. The summed E-state index contributed by atoms with van der Waals surface area (Å²) in [6, 6.07) is 2.92. The van der Waals surface area contributed by atoms with Crippen molar-refractivity contribution in [2.75, 3.05) is 19.0 Å². The van der Waals surface area contributed by atoms with E-state index in [1.807, 2.05) is 0 Å². The molecule has 2 aliphatic rings. The second-order valence-corrected chi connectivity index (χ2v) is 5.88. The minimum absolute atomic E-state index is 0.0807. The molecule has 0 radical (unpaired) electrons. The number of anilines is 1. The summed E-state index contributed by atoms with van der Waals surface area (Å²) in [6.07, 6.45) is -5.18. The zero-order valence-electron chi connectivity index (χ0n) is 12.4. The van der Waals surface area contributed by atoms with Crippen molar-refractivity contribution in [3.8, 4) is 0 Å². The molecule has 0 aliphatic carbocycles. The van der Waals surface area contributed by atoms with Crippen molar-refractivity contribution in [2.45, 2.75) is 24.4 Å². The summed E-state index contributed by atoms with van der Waals surface area (Å²) in [4.78, 5) is 38.7.